The molecule has 1 aliphatic rings. The fraction of sp³-hybridized carbons (Fsp3) is 0.571. The van der Waals surface area contributed by atoms with Gasteiger partial charge in [-0.25, -0.2) is 4.39 Å². The highest BCUT2D eigenvalue weighted by Crippen LogP contribution is 2.27. The molecular formula is C21H31FN2O2. The van der Waals surface area contributed by atoms with Crippen molar-refractivity contribution in [3.05, 3.63) is 35.7 Å². The first-order chi connectivity index (χ1) is 12.4. The topological polar surface area (TPSA) is 32.8 Å². The van der Waals surface area contributed by atoms with E-state index >= 15 is 0 Å². The van der Waals surface area contributed by atoms with Crippen molar-refractivity contribution in [1.29, 1.82) is 0 Å². The van der Waals surface area contributed by atoms with Gasteiger partial charge in [-0.1, -0.05) is 13.0 Å². The molecule has 26 heavy (non-hydrogen) atoms. The van der Waals surface area contributed by atoms with Crippen molar-refractivity contribution >= 4 is 12.0 Å². The molecule has 1 amide bonds. The first-order valence-electron chi connectivity index (χ1n) is 9.37. The highest BCUT2D eigenvalue weighted by molar-refractivity contribution is 5.92. The van der Waals surface area contributed by atoms with Crippen molar-refractivity contribution in [3.8, 4) is 5.75 Å². The van der Waals surface area contributed by atoms with Crippen molar-refractivity contribution in [2.75, 3.05) is 34.3 Å². The van der Waals surface area contributed by atoms with Crippen LogP contribution >= 0.6 is 0 Å². The number of benzene rings is 1. The number of methoxy groups -OCH3 is 1. The van der Waals surface area contributed by atoms with Crippen LogP contribution in [0.4, 0.5) is 4.39 Å². The van der Waals surface area contributed by atoms with Crippen LogP contribution in [0.5, 0.6) is 5.75 Å². The quantitative estimate of drug-likeness (QED) is 0.692. The van der Waals surface area contributed by atoms with Crippen molar-refractivity contribution in [3.63, 3.8) is 0 Å². The number of hydrogen-bond acceptors (Lipinski definition) is 3. The summed E-state index contributed by atoms with van der Waals surface area (Å²) in [5.74, 6) is 0.530. The number of hydrogen-bond donors (Lipinski definition) is 0. The van der Waals surface area contributed by atoms with Gasteiger partial charge in [0.15, 0.2) is 11.6 Å². The molecule has 1 saturated carbocycles. The molecule has 0 N–H and O–H groups in total. The second-order valence-corrected chi connectivity index (χ2v) is 7.48. The standard InChI is InChI=1S/C21H31FN2O2/c1-16-5-9-18(10-6-16)24(14-13-23(2)3)21(25)12-8-17-7-11-20(26-4)19(22)15-17/h7-8,11-12,15-16,18H,5-6,9-10,13-14H2,1-4H3/b12-8+/t16-,18-. The molecule has 0 radical (unpaired) electrons. The zero-order valence-electron chi connectivity index (χ0n) is 16.4. The highest BCUT2D eigenvalue weighted by atomic mass is 19.1. The normalized spacial score (nSPS) is 20.5. The van der Waals surface area contributed by atoms with E-state index in [-0.39, 0.29) is 11.7 Å². The Labute approximate surface area is 156 Å². The van der Waals surface area contributed by atoms with E-state index in [4.69, 9.17) is 4.74 Å². The molecule has 0 aromatic heterocycles. The highest BCUT2D eigenvalue weighted by Gasteiger charge is 2.26. The predicted molar refractivity (Wildman–Crippen MR) is 104 cm³/mol. The van der Waals surface area contributed by atoms with E-state index in [1.165, 1.54) is 26.0 Å². The van der Waals surface area contributed by atoms with Gasteiger partial charge in [0.25, 0.3) is 0 Å². The summed E-state index contributed by atoms with van der Waals surface area (Å²) in [5, 5.41) is 0. The SMILES string of the molecule is COc1ccc(/C=C/C(=O)N(CCN(C)C)[C@H]2CC[C@H](C)CC2)cc1F. The van der Waals surface area contributed by atoms with Gasteiger partial charge in [-0.15, -0.1) is 0 Å². The molecule has 1 aromatic carbocycles. The monoisotopic (exact) mass is 362 g/mol. The van der Waals surface area contributed by atoms with Crippen LogP contribution < -0.4 is 4.74 Å². The van der Waals surface area contributed by atoms with Crippen molar-refractivity contribution in [2.24, 2.45) is 5.92 Å². The lowest BCUT2D eigenvalue weighted by molar-refractivity contribution is -0.129. The Hall–Kier alpha value is -1.88. The number of carbonyl (C=O) groups excluding carboxylic acids is 1. The molecule has 0 bridgehead atoms. The minimum absolute atomic E-state index is 0.00243. The molecule has 0 unspecified atom stereocenters. The zero-order valence-corrected chi connectivity index (χ0v) is 16.4. The van der Waals surface area contributed by atoms with E-state index < -0.39 is 5.82 Å². The van der Waals surface area contributed by atoms with Gasteiger partial charge >= 0.3 is 0 Å². The van der Waals surface area contributed by atoms with Gasteiger partial charge in [0.1, 0.15) is 0 Å². The van der Waals surface area contributed by atoms with Crippen LogP contribution in [0.25, 0.3) is 6.08 Å². The Morgan fingerprint density at radius 3 is 2.50 bits per heavy atom. The fourth-order valence-corrected chi connectivity index (χ4v) is 3.38. The average Bonchev–Trinajstić information content (AvgIpc) is 2.61. The zero-order chi connectivity index (χ0) is 19.1. The number of carbonyl (C=O) groups is 1. The summed E-state index contributed by atoms with van der Waals surface area (Å²) < 4.78 is 18.7. The third-order valence-electron chi connectivity index (χ3n) is 5.09. The molecule has 0 atom stereocenters. The molecule has 0 heterocycles. The maximum atomic E-state index is 13.8. The lowest BCUT2D eigenvalue weighted by Crippen LogP contribution is -2.44. The molecule has 144 valence electrons. The predicted octanol–water partition coefficient (Wildman–Crippen LogP) is 3.82. The van der Waals surface area contributed by atoms with Crippen molar-refractivity contribution < 1.29 is 13.9 Å². The molecule has 5 heteroatoms. The van der Waals surface area contributed by atoms with Gasteiger partial charge in [-0.2, -0.15) is 0 Å². The number of likely N-dealkylation sites (N-methyl/N-ethyl adjacent to an activating group) is 1. The second kappa shape index (κ2) is 9.72. The van der Waals surface area contributed by atoms with Crippen LogP contribution in [0, 0.1) is 11.7 Å². The summed E-state index contributed by atoms with van der Waals surface area (Å²) in [6.45, 7) is 3.83. The van der Waals surface area contributed by atoms with Gasteiger partial charge in [0.2, 0.25) is 5.91 Å². The summed E-state index contributed by atoms with van der Waals surface area (Å²) in [6, 6.07) is 5.01. The Morgan fingerprint density at radius 1 is 1.23 bits per heavy atom. The number of rotatable bonds is 7. The summed E-state index contributed by atoms with van der Waals surface area (Å²) >= 11 is 0. The molecule has 1 aliphatic carbocycles. The molecule has 1 fully saturated rings. The smallest absolute Gasteiger partial charge is 0.246 e. The summed E-state index contributed by atoms with van der Waals surface area (Å²) in [4.78, 5) is 16.9. The molecule has 0 aliphatic heterocycles. The largest absolute Gasteiger partial charge is 0.494 e. The minimum atomic E-state index is -0.423. The Kier molecular flexibility index (Phi) is 7.64. The summed E-state index contributed by atoms with van der Waals surface area (Å²) in [7, 11) is 5.47. The maximum Gasteiger partial charge on any atom is 0.246 e. The van der Waals surface area contributed by atoms with Crippen LogP contribution in [-0.4, -0.2) is 56.0 Å². The molecule has 1 aromatic rings. The second-order valence-electron chi connectivity index (χ2n) is 7.48. The van der Waals surface area contributed by atoms with Crippen LogP contribution in [0.3, 0.4) is 0 Å². The molecule has 2 rings (SSSR count). The lowest BCUT2D eigenvalue weighted by atomic mass is 9.86. The van der Waals surface area contributed by atoms with Crippen molar-refractivity contribution in [2.45, 2.75) is 38.6 Å². The van der Waals surface area contributed by atoms with Crippen LogP contribution in [0.1, 0.15) is 38.2 Å². The summed E-state index contributed by atoms with van der Waals surface area (Å²) in [5.41, 5.74) is 0.654. The number of nitrogens with zero attached hydrogens (tertiary/aromatic N) is 2. The Morgan fingerprint density at radius 2 is 1.92 bits per heavy atom. The van der Waals surface area contributed by atoms with E-state index in [9.17, 15) is 9.18 Å². The lowest BCUT2D eigenvalue weighted by Gasteiger charge is -2.36. The molecule has 0 saturated heterocycles. The average molecular weight is 362 g/mol. The van der Waals surface area contributed by atoms with E-state index in [1.807, 2.05) is 19.0 Å². The molecule has 0 spiro atoms. The van der Waals surface area contributed by atoms with Crippen molar-refractivity contribution in [1.82, 2.24) is 9.80 Å². The van der Waals surface area contributed by atoms with E-state index in [2.05, 4.69) is 11.8 Å². The maximum absolute atomic E-state index is 13.8. The van der Waals surface area contributed by atoms with E-state index in [0.717, 1.165) is 25.3 Å². The van der Waals surface area contributed by atoms with Gasteiger partial charge in [0, 0.05) is 25.2 Å². The third kappa shape index (κ3) is 5.84. The number of ether oxygens (including phenoxy) is 1. The van der Waals surface area contributed by atoms with E-state index in [0.29, 0.717) is 18.2 Å². The van der Waals surface area contributed by atoms with Gasteiger partial charge in [-0.3, -0.25) is 4.79 Å². The minimum Gasteiger partial charge on any atom is -0.494 e. The number of amides is 1. The number of halogens is 1. The molecule has 4 nitrogen and oxygen atoms in total. The first kappa shape index (κ1) is 20.4. The summed E-state index contributed by atoms with van der Waals surface area (Å²) in [6.07, 6.45) is 7.71. The Balaban J connectivity index is 2.08. The van der Waals surface area contributed by atoms with Crippen LogP contribution in [-0.2, 0) is 4.79 Å². The van der Waals surface area contributed by atoms with E-state index in [1.54, 1.807) is 24.3 Å². The molecular weight excluding hydrogens is 331 g/mol. The van der Waals surface area contributed by atoms with Crippen LogP contribution in [0.15, 0.2) is 24.3 Å². The van der Waals surface area contributed by atoms with Crippen LogP contribution in [0.2, 0.25) is 0 Å². The Bertz CT molecular complexity index is 622. The fourth-order valence-electron chi connectivity index (χ4n) is 3.38. The van der Waals surface area contributed by atoms with Gasteiger partial charge < -0.3 is 14.5 Å². The van der Waals surface area contributed by atoms with Gasteiger partial charge in [-0.05, 0) is 69.5 Å². The third-order valence-corrected chi connectivity index (χ3v) is 5.09. The van der Waals surface area contributed by atoms with Gasteiger partial charge in [0.05, 0.1) is 7.11 Å². The first-order valence-corrected chi connectivity index (χ1v) is 9.37.